The number of hydrogen-bond acceptors (Lipinski definition) is 6. The lowest BCUT2D eigenvalue weighted by Gasteiger charge is -2.17. The number of carbonyl (C=O) groups is 1. The molecule has 1 unspecified atom stereocenters. The third kappa shape index (κ3) is 7.07. The highest BCUT2D eigenvalue weighted by Gasteiger charge is 2.27. The van der Waals surface area contributed by atoms with E-state index in [2.05, 4.69) is 0 Å². The number of aryl methyl sites for hydroxylation is 1. The van der Waals surface area contributed by atoms with E-state index >= 15 is 0 Å². The first kappa shape index (κ1) is 25.9. The van der Waals surface area contributed by atoms with Crippen LogP contribution in [0.25, 0.3) is 0 Å². The Morgan fingerprint density at radius 1 is 1.03 bits per heavy atom. The van der Waals surface area contributed by atoms with Gasteiger partial charge in [-0.1, -0.05) is 50.3 Å². The van der Waals surface area contributed by atoms with E-state index in [9.17, 15) is 23.4 Å². The van der Waals surface area contributed by atoms with Crippen molar-refractivity contribution in [3.8, 4) is 11.5 Å². The van der Waals surface area contributed by atoms with Crippen LogP contribution in [-0.4, -0.2) is 30.7 Å². The second-order valence-corrected chi connectivity index (χ2v) is 10.2. The minimum absolute atomic E-state index is 0.0954. The van der Waals surface area contributed by atoms with Gasteiger partial charge in [-0.3, -0.25) is 4.79 Å². The van der Waals surface area contributed by atoms with Crippen LogP contribution in [0.3, 0.4) is 0 Å². The van der Waals surface area contributed by atoms with Crippen LogP contribution in [0.5, 0.6) is 11.5 Å². The number of carbonyl (C=O) groups excluding carboxylic acids is 1. The molecule has 2 rings (SSSR count). The quantitative estimate of drug-likeness (QED) is 0.258. The lowest BCUT2D eigenvalue weighted by Crippen LogP contribution is -2.09. The zero-order valence-corrected chi connectivity index (χ0v) is 20.0. The van der Waals surface area contributed by atoms with Crippen molar-refractivity contribution < 1.29 is 28.2 Å². The standard InChI is InChI=1S/C25H34O6S/c1-18-17-23(32(29,30)21-14-10-8-11-15-21)24(28)22(25(18)31-20(3)27)16-12-7-5-4-6-9-13-19(2)26/h8,10-11,14-15,17,19,26,28H,4-7,9,12-13,16H2,1-3H3. The van der Waals surface area contributed by atoms with Crippen molar-refractivity contribution in [1.82, 2.24) is 0 Å². The Hall–Kier alpha value is -2.38. The molecule has 0 aliphatic heterocycles. The molecule has 0 heterocycles. The van der Waals surface area contributed by atoms with Crippen molar-refractivity contribution in [2.75, 3.05) is 0 Å². The number of aromatic hydroxyl groups is 1. The van der Waals surface area contributed by atoms with E-state index in [0.29, 0.717) is 17.5 Å². The lowest BCUT2D eigenvalue weighted by atomic mass is 10.0. The predicted octanol–water partition coefficient (Wildman–Crippen LogP) is 5.11. The third-order valence-corrected chi connectivity index (χ3v) is 7.17. The second-order valence-electron chi connectivity index (χ2n) is 8.27. The molecule has 2 aromatic carbocycles. The molecule has 176 valence electrons. The van der Waals surface area contributed by atoms with Gasteiger partial charge in [0.1, 0.15) is 16.4 Å². The van der Waals surface area contributed by atoms with Crippen LogP contribution in [0.15, 0.2) is 46.2 Å². The van der Waals surface area contributed by atoms with Crippen molar-refractivity contribution in [2.24, 2.45) is 0 Å². The van der Waals surface area contributed by atoms with E-state index in [1.807, 2.05) is 0 Å². The highest BCUT2D eigenvalue weighted by molar-refractivity contribution is 7.91. The van der Waals surface area contributed by atoms with E-state index in [-0.39, 0.29) is 27.4 Å². The number of phenols is 1. The van der Waals surface area contributed by atoms with Gasteiger partial charge in [-0.2, -0.15) is 0 Å². The monoisotopic (exact) mass is 462 g/mol. The van der Waals surface area contributed by atoms with Crippen molar-refractivity contribution >= 4 is 15.8 Å². The molecule has 0 aliphatic carbocycles. The van der Waals surface area contributed by atoms with Crippen LogP contribution in [0.1, 0.15) is 69.9 Å². The number of esters is 1. The van der Waals surface area contributed by atoms with Gasteiger partial charge in [-0.15, -0.1) is 0 Å². The number of benzene rings is 2. The van der Waals surface area contributed by atoms with E-state index in [1.165, 1.54) is 25.1 Å². The summed E-state index contributed by atoms with van der Waals surface area (Å²) >= 11 is 0. The summed E-state index contributed by atoms with van der Waals surface area (Å²) in [5.41, 5.74) is 0.837. The molecule has 0 aromatic heterocycles. The van der Waals surface area contributed by atoms with Gasteiger partial charge < -0.3 is 14.9 Å². The number of hydrogen-bond donors (Lipinski definition) is 2. The van der Waals surface area contributed by atoms with Crippen LogP contribution in [0.4, 0.5) is 0 Å². The number of phenolic OH excluding ortho intramolecular Hbond substituents is 1. The van der Waals surface area contributed by atoms with Crippen molar-refractivity contribution in [3.63, 3.8) is 0 Å². The summed E-state index contributed by atoms with van der Waals surface area (Å²) in [7, 11) is -3.92. The molecule has 7 heteroatoms. The number of sulfone groups is 1. The molecule has 0 fully saturated rings. The zero-order valence-electron chi connectivity index (χ0n) is 19.1. The van der Waals surface area contributed by atoms with Gasteiger partial charge in [-0.05, 0) is 56.9 Å². The minimum atomic E-state index is -3.92. The molecule has 0 spiro atoms. The maximum Gasteiger partial charge on any atom is 0.308 e. The summed E-state index contributed by atoms with van der Waals surface area (Å²) in [6, 6.07) is 9.33. The lowest BCUT2D eigenvalue weighted by molar-refractivity contribution is -0.132. The van der Waals surface area contributed by atoms with Crippen LogP contribution >= 0.6 is 0 Å². The summed E-state index contributed by atoms with van der Waals surface area (Å²) in [5, 5.41) is 20.2. The minimum Gasteiger partial charge on any atom is -0.506 e. The molecule has 2 N–H and O–H groups in total. The fourth-order valence-electron chi connectivity index (χ4n) is 3.72. The van der Waals surface area contributed by atoms with Gasteiger partial charge in [0.05, 0.1) is 11.0 Å². The highest BCUT2D eigenvalue weighted by atomic mass is 32.2. The van der Waals surface area contributed by atoms with Gasteiger partial charge in [0.2, 0.25) is 9.84 Å². The van der Waals surface area contributed by atoms with Crippen molar-refractivity contribution in [3.05, 3.63) is 47.5 Å². The molecular weight excluding hydrogens is 428 g/mol. The number of unbranched alkanes of at least 4 members (excludes halogenated alkanes) is 5. The number of aliphatic hydroxyl groups excluding tert-OH is 1. The van der Waals surface area contributed by atoms with Crippen LogP contribution < -0.4 is 4.74 Å². The van der Waals surface area contributed by atoms with Crippen LogP contribution in [0.2, 0.25) is 0 Å². The zero-order chi connectivity index (χ0) is 23.7. The molecule has 0 radical (unpaired) electrons. The summed E-state index contributed by atoms with van der Waals surface area (Å²) < 4.78 is 31.6. The van der Waals surface area contributed by atoms with Gasteiger partial charge in [0.25, 0.3) is 0 Å². The van der Waals surface area contributed by atoms with E-state index in [1.54, 1.807) is 32.0 Å². The Morgan fingerprint density at radius 3 is 2.22 bits per heavy atom. The molecule has 6 nitrogen and oxygen atoms in total. The summed E-state index contributed by atoms with van der Waals surface area (Å²) in [6.07, 6.45) is 6.69. The molecule has 0 amide bonds. The summed E-state index contributed by atoms with van der Waals surface area (Å²) in [4.78, 5) is 11.5. The molecule has 0 saturated carbocycles. The predicted molar refractivity (Wildman–Crippen MR) is 124 cm³/mol. The molecule has 32 heavy (non-hydrogen) atoms. The first-order valence-electron chi connectivity index (χ1n) is 11.2. The average Bonchev–Trinajstić information content (AvgIpc) is 2.74. The van der Waals surface area contributed by atoms with Gasteiger partial charge in [0, 0.05) is 12.5 Å². The Bertz CT molecular complexity index is 997. The van der Waals surface area contributed by atoms with Crippen molar-refractivity contribution in [2.45, 2.75) is 88.0 Å². The molecule has 0 bridgehead atoms. The fourth-order valence-corrected chi connectivity index (χ4v) is 5.20. The maximum absolute atomic E-state index is 13.1. The SMILES string of the molecule is CC(=O)Oc1c(C)cc(S(=O)(=O)c2ccccc2)c(O)c1CCCCCCCCC(C)O. The molecule has 2 aromatic rings. The Kier molecular flexibility index (Phi) is 9.72. The van der Waals surface area contributed by atoms with E-state index < -0.39 is 15.8 Å². The van der Waals surface area contributed by atoms with E-state index in [0.717, 1.165) is 44.9 Å². The van der Waals surface area contributed by atoms with Gasteiger partial charge in [0.15, 0.2) is 0 Å². The summed E-state index contributed by atoms with van der Waals surface area (Å²) in [6.45, 7) is 4.75. The van der Waals surface area contributed by atoms with Gasteiger partial charge >= 0.3 is 5.97 Å². The fraction of sp³-hybridized carbons (Fsp3) is 0.480. The van der Waals surface area contributed by atoms with Crippen LogP contribution in [-0.2, 0) is 21.1 Å². The average molecular weight is 463 g/mol. The normalized spacial score (nSPS) is 12.5. The maximum atomic E-state index is 13.1. The first-order valence-corrected chi connectivity index (χ1v) is 12.6. The summed E-state index contributed by atoms with van der Waals surface area (Å²) in [5.74, 6) is -0.642. The largest absolute Gasteiger partial charge is 0.506 e. The molecule has 0 saturated heterocycles. The second kappa shape index (κ2) is 12.0. The Morgan fingerprint density at radius 2 is 1.62 bits per heavy atom. The number of aliphatic hydroxyl groups is 1. The van der Waals surface area contributed by atoms with Gasteiger partial charge in [-0.25, -0.2) is 8.42 Å². The Labute approximate surface area is 191 Å². The molecule has 0 aliphatic rings. The van der Waals surface area contributed by atoms with Crippen LogP contribution in [0, 0.1) is 6.92 Å². The highest BCUT2D eigenvalue weighted by Crippen LogP contribution is 2.40. The number of ether oxygens (including phenoxy) is 1. The molecule has 1 atom stereocenters. The third-order valence-electron chi connectivity index (χ3n) is 5.39. The first-order chi connectivity index (χ1) is 15.1. The number of rotatable bonds is 12. The smallest absolute Gasteiger partial charge is 0.308 e. The topological polar surface area (TPSA) is 101 Å². The van der Waals surface area contributed by atoms with E-state index in [4.69, 9.17) is 4.74 Å². The Balaban J connectivity index is 2.21. The van der Waals surface area contributed by atoms with Crippen molar-refractivity contribution in [1.29, 1.82) is 0 Å². The molecular formula is C25H34O6S.